The topological polar surface area (TPSA) is 71.5 Å². The Labute approximate surface area is 252 Å². The molecule has 1 fully saturated rings. The second kappa shape index (κ2) is 11.5. The standard InChI is InChI=1S/C35H40ClFN2O3/c1-22(21-42-30-13-18-38-28-11-5-7-23(2)31(28)30)19-25-20-24-8-3-4-9-26(24)34(25)14-16-35(17-15-34,33(40)41)39-29-12-6-10-27(36)32(29)37/h3-4,6,8-10,12-13,18,22-23,25,39H,5,7,11,14-17,19-21H2,1-2H3,(H,40,41)/t22-,23-,25+,34?,35?/m1/s1. The number of pyridine rings is 1. The molecule has 2 N–H and O–H groups in total. The molecular weight excluding hydrogens is 551 g/mol. The zero-order valence-corrected chi connectivity index (χ0v) is 25.2. The summed E-state index contributed by atoms with van der Waals surface area (Å²) in [7, 11) is 0. The number of carbonyl (C=O) groups is 1. The van der Waals surface area contributed by atoms with Gasteiger partial charge in [-0.2, -0.15) is 0 Å². The molecule has 1 heterocycles. The average molecular weight is 591 g/mol. The molecule has 7 heteroatoms. The number of aryl methyl sites for hydroxylation is 1. The Balaban J connectivity index is 1.20. The number of carboxylic acids is 1. The van der Waals surface area contributed by atoms with Crippen molar-refractivity contribution < 1.29 is 19.0 Å². The Morgan fingerprint density at radius 1 is 1.17 bits per heavy atom. The third kappa shape index (κ3) is 5.16. The van der Waals surface area contributed by atoms with Gasteiger partial charge in [-0.15, -0.1) is 0 Å². The zero-order chi connectivity index (χ0) is 29.5. The lowest BCUT2D eigenvalue weighted by Crippen LogP contribution is -2.53. The smallest absolute Gasteiger partial charge is 0.329 e. The van der Waals surface area contributed by atoms with Crippen molar-refractivity contribution in [1.29, 1.82) is 0 Å². The summed E-state index contributed by atoms with van der Waals surface area (Å²) < 4.78 is 21.3. The van der Waals surface area contributed by atoms with Crippen LogP contribution in [0, 0.1) is 17.7 Å². The van der Waals surface area contributed by atoms with Crippen LogP contribution in [0.3, 0.4) is 0 Å². The first-order valence-electron chi connectivity index (χ1n) is 15.4. The number of nitrogens with zero attached hydrogens (tertiary/aromatic N) is 1. The molecule has 6 rings (SSSR count). The van der Waals surface area contributed by atoms with Crippen molar-refractivity contribution in [1.82, 2.24) is 4.98 Å². The van der Waals surface area contributed by atoms with Crippen LogP contribution in [0.15, 0.2) is 54.7 Å². The van der Waals surface area contributed by atoms with Gasteiger partial charge in [-0.1, -0.05) is 55.8 Å². The van der Waals surface area contributed by atoms with Crippen LogP contribution < -0.4 is 10.1 Å². The molecule has 222 valence electrons. The normalized spacial score (nSPS) is 27.2. The van der Waals surface area contributed by atoms with Gasteiger partial charge in [0.05, 0.1) is 17.3 Å². The Hall–Kier alpha value is -3.12. The summed E-state index contributed by atoms with van der Waals surface area (Å²) in [6.45, 7) is 5.17. The Morgan fingerprint density at radius 3 is 2.74 bits per heavy atom. The largest absolute Gasteiger partial charge is 0.493 e. The molecule has 3 aliphatic rings. The lowest BCUT2D eigenvalue weighted by Gasteiger charge is -2.47. The minimum absolute atomic E-state index is 0.0180. The van der Waals surface area contributed by atoms with Gasteiger partial charge in [0.25, 0.3) is 0 Å². The molecule has 0 saturated heterocycles. The summed E-state index contributed by atoms with van der Waals surface area (Å²) >= 11 is 6.01. The van der Waals surface area contributed by atoms with Gasteiger partial charge < -0.3 is 15.2 Å². The number of anilines is 1. The Morgan fingerprint density at radius 2 is 1.95 bits per heavy atom. The highest BCUT2D eigenvalue weighted by Gasteiger charge is 2.54. The first-order valence-corrected chi connectivity index (χ1v) is 15.7. The van der Waals surface area contributed by atoms with Crippen LogP contribution >= 0.6 is 11.6 Å². The maximum atomic E-state index is 14.8. The van der Waals surface area contributed by atoms with Crippen LogP contribution in [0.25, 0.3) is 0 Å². The molecule has 1 aromatic heterocycles. The summed E-state index contributed by atoms with van der Waals surface area (Å²) in [5.74, 6) is 0.596. The number of carboxylic acid groups (broad SMARTS) is 1. The third-order valence-corrected chi connectivity index (χ3v) is 10.6. The van der Waals surface area contributed by atoms with E-state index < -0.39 is 17.3 Å². The fourth-order valence-corrected chi connectivity index (χ4v) is 8.25. The van der Waals surface area contributed by atoms with E-state index in [1.165, 1.54) is 41.3 Å². The van der Waals surface area contributed by atoms with Crippen molar-refractivity contribution in [2.24, 2.45) is 11.8 Å². The molecule has 2 aromatic carbocycles. The van der Waals surface area contributed by atoms with E-state index in [0.717, 1.165) is 37.9 Å². The molecule has 0 radical (unpaired) electrons. The molecule has 0 aliphatic heterocycles. The van der Waals surface area contributed by atoms with Gasteiger partial charge in [0.2, 0.25) is 0 Å². The van der Waals surface area contributed by atoms with Crippen molar-refractivity contribution in [3.05, 3.63) is 88.0 Å². The number of hydrogen-bond donors (Lipinski definition) is 2. The molecule has 3 atom stereocenters. The highest BCUT2D eigenvalue weighted by molar-refractivity contribution is 6.31. The van der Waals surface area contributed by atoms with E-state index in [1.54, 1.807) is 12.1 Å². The first-order chi connectivity index (χ1) is 20.2. The minimum atomic E-state index is -1.25. The van der Waals surface area contributed by atoms with E-state index in [0.29, 0.717) is 37.2 Å². The number of benzene rings is 2. The van der Waals surface area contributed by atoms with E-state index in [9.17, 15) is 14.3 Å². The number of nitrogens with one attached hydrogen (secondary N) is 1. The minimum Gasteiger partial charge on any atom is -0.493 e. The van der Waals surface area contributed by atoms with Gasteiger partial charge in [-0.05, 0) is 110 Å². The molecule has 3 aliphatic carbocycles. The fraction of sp³-hybridized carbons (Fsp3) is 0.486. The summed E-state index contributed by atoms with van der Waals surface area (Å²) in [4.78, 5) is 17.3. The Bertz CT molecular complexity index is 1470. The van der Waals surface area contributed by atoms with Crippen LogP contribution in [0.1, 0.15) is 87.1 Å². The van der Waals surface area contributed by atoms with Gasteiger partial charge in [0, 0.05) is 17.5 Å². The second-order valence-corrected chi connectivity index (χ2v) is 13.3. The van der Waals surface area contributed by atoms with Gasteiger partial charge in [0.15, 0.2) is 5.82 Å². The number of rotatable bonds is 8. The van der Waals surface area contributed by atoms with Crippen LogP contribution in [-0.4, -0.2) is 28.2 Å². The highest BCUT2D eigenvalue weighted by atomic mass is 35.5. The van der Waals surface area contributed by atoms with Crippen molar-refractivity contribution in [2.75, 3.05) is 11.9 Å². The van der Waals surface area contributed by atoms with Crippen LogP contribution in [0.5, 0.6) is 5.75 Å². The number of halogens is 2. The first kappa shape index (κ1) is 29.0. The molecule has 0 unspecified atom stereocenters. The summed E-state index contributed by atoms with van der Waals surface area (Å²) in [5.41, 5.74) is 3.97. The van der Waals surface area contributed by atoms with E-state index in [2.05, 4.69) is 48.4 Å². The van der Waals surface area contributed by atoms with E-state index in [-0.39, 0.29) is 16.1 Å². The van der Waals surface area contributed by atoms with Gasteiger partial charge >= 0.3 is 5.97 Å². The van der Waals surface area contributed by atoms with Crippen molar-refractivity contribution in [3.8, 4) is 5.75 Å². The lowest BCUT2D eigenvalue weighted by atomic mass is 9.59. The fourth-order valence-electron chi connectivity index (χ4n) is 8.08. The van der Waals surface area contributed by atoms with Crippen molar-refractivity contribution in [2.45, 2.75) is 88.5 Å². The number of aliphatic carboxylic acids is 1. The molecule has 5 nitrogen and oxygen atoms in total. The van der Waals surface area contributed by atoms with Gasteiger partial charge in [-0.25, -0.2) is 9.18 Å². The van der Waals surface area contributed by atoms with E-state index in [4.69, 9.17) is 16.3 Å². The maximum Gasteiger partial charge on any atom is 0.329 e. The molecule has 1 spiro atoms. The maximum absolute atomic E-state index is 14.8. The Kier molecular flexibility index (Phi) is 7.95. The van der Waals surface area contributed by atoms with E-state index >= 15 is 0 Å². The molecule has 0 amide bonds. The third-order valence-electron chi connectivity index (χ3n) is 10.3. The average Bonchev–Trinajstić information content (AvgIpc) is 3.27. The SMILES string of the molecule is C[C@@H](COc1ccnc2c1[C@H](C)CCC2)C[C@H]1Cc2ccccc2C12CCC(Nc1cccc(Cl)c1F)(C(=O)O)CC2. The predicted octanol–water partition coefficient (Wildman–Crippen LogP) is 8.34. The van der Waals surface area contributed by atoms with Crippen molar-refractivity contribution >= 4 is 23.3 Å². The molecule has 1 saturated carbocycles. The summed E-state index contributed by atoms with van der Waals surface area (Å²) in [5, 5.41) is 13.4. The van der Waals surface area contributed by atoms with Crippen molar-refractivity contribution in [3.63, 3.8) is 0 Å². The number of ether oxygens (including phenoxy) is 1. The van der Waals surface area contributed by atoms with Gasteiger partial charge in [-0.3, -0.25) is 4.98 Å². The predicted molar refractivity (Wildman–Crippen MR) is 164 cm³/mol. The van der Waals surface area contributed by atoms with Crippen LogP contribution in [0.2, 0.25) is 5.02 Å². The summed E-state index contributed by atoms with van der Waals surface area (Å²) in [6.07, 6.45) is 9.48. The van der Waals surface area contributed by atoms with E-state index in [1.807, 2.05) is 12.3 Å². The zero-order valence-electron chi connectivity index (χ0n) is 24.5. The molecule has 3 aromatic rings. The lowest BCUT2D eigenvalue weighted by molar-refractivity contribution is -0.144. The van der Waals surface area contributed by atoms with Crippen LogP contribution in [-0.2, 0) is 23.1 Å². The highest BCUT2D eigenvalue weighted by Crippen LogP contribution is 2.56. The number of fused-ring (bicyclic) bond motifs is 3. The van der Waals surface area contributed by atoms with Crippen LogP contribution in [0.4, 0.5) is 10.1 Å². The summed E-state index contributed by atoms with van der Waals surface area (Å²) in [6, 6.07) is 15.4. The molecule has 42 heavy (non-hydrogen) atoms. The molecule has 0 bridgehead atoms. The number of hydrogen-bond acceptors (Lipinski definition) is 4. The monoisotopic (exact) mass is 590 g/mol. The quantitative estimate of drug-likeness (QED) is 0.276. The number of aromatic nitrogens is 1. The molecular formula is C35H40ClFN2O3. The van der Waals surface area contributed by atoms with Gasteiger partial charge in [0.1, 0.15) is 11.3 Å². The second-order valence-electron chi connectivity index (χ2n) is 12.9.